The van der Waals surface area contributed by atoms with Gasteiger partial charge in [-0.05, 0) is 111 Å². The van der Waals surface area contributed by atoms with Gasteiger partial charge in [-0.2, -0.15) is 0 Å². The Balaban J connectivity index is 1.58. The van der Waals surface area contributed by atoms with Crippen molar-refractivity contribution in [2.24, 2.45) is 46.3 Å². The zero-order chi connectivity index (χ0) is 20.8. The molecule has 6 unspecified atom stereocenters. The Bertz CT molecular complexity index is 601. The molecule has 5 heteroatoms. The van der Waals surface area contributed by atoms with Gasteiger partial charge in [0.1, 0.15) is 0 Å². The molecule has 0 saturated heterocycles. The molecule has 4 rings (SSSR count). The van der Waals surface area contributed by atoms with Gasteiger partial charge in [-0.1, -0.05) is 20.8 Å². The number of aliphatic hydroxyl groups excluding tert-OH is 1. The summed E-state index contributed by atoms with van der Waals surface area (Å²) in [6.07, 6.45) is 12.6. The third-order valence-electron chi connectivity index (χ3n) is 10.5. The molecule has 3 nitrogen and oxygen atoms in total. The van der Waals surface area contributed by atoms with Crippen LogP contribution >= 0.6 is 17.9 Å². The summed E-state index contributed by atoms with van der Waals surface area (Å²) in [6.45, 7) is 7.94. The van der Waals surface area contributed by atoms with Crippen molar-refractivity contribution in [3.8, 4) is 0 Å². The van der Waals surface area contributed by atoms with Crippen molar-refractivity contribution < 1.29 is 14.2 Å². The zero-order valence-electron chi connectivity index (χ0n) is 18.7. The summed E-state index contributed by atoms with van der Waals surface area (Å²) in [5.74, 6) is 4.54. The molecule has 0 heterocycles. The van der Waals surface area contributed by atoms with Crippen LogP contribution in [0.4, 0.5) is 0 Å². The summed E-state index contributed by atoms with van der Waals surface area (Å²) in [5.41, 5.74) is 1.16. The van der Waals surface area contributed by atoms with Gasteiger partial charge in [0.25, 0.3) is 0 Å². The van der Waals surface area contributed by atoms with E-state index in [1.165, 1.54) is 44.9 Å². The minimum atomic E-state index is 0.309. The second kappa shape index (κ2) is 8.77. The fraction of sp³-hybridized carbons (Fsp3) is 1.00. The number of aliphatic hydroxyl groups is 1. The van der Waals surface area contributed by atoms with E-state index in [4.69, 9.17) is 4.52 Å². The molecule has 0 aliphatic heterocycles. The maximum Gasteiger partial charge on any atom is 0.158 e. The van der Waals surface area contributed by atoms with Gasteiger partial charge in [0.15, 0.2) is 8.46 Å². The largest absolute Gasteiger partial charge is 0.396 e. The van der Waals surface area contributed by atoms with Crippen molar-refractivity contribution in [3.63, 3.8) is 0 Å². The fourth-order valence-electron chi connectivity index (χ4n) is 9.08. The van der Waals surface area contributed by atoms with E-state index in [1.807, 2.05) is 0 Å². The second-order valence-electron chi connectivity index (χ2n) is 11.5. The lowest BCUT2D eigenvalue weighted by Crippen LogP contribution is -2.58. The first-order chi connectivity index (χ1) is 13.9. The van der Waals surface area contributed by atoms with Crippen LogP contribution in [-0.2, 0) is 9.09 Å². The third kappa shape index (κ3) is 3.69. The number of rotatable bonds is 6. The van der Waals surface area contributed by atoms with E-state index >= 15 is 0 Å². The van der Waals surface area contributed by atoms with Crippen molar-refractivity contribution in [1.82, 2.24) is 0 Å². The van der Waals surface area contributed by atoms with E-state index in [0.717, 1.165) is 48.9 Å². The first kappa shape index (κ1) is 22.6. The van der Waals surface area contributed by atoms with Gasteiger partial charge in [-0.3, -0.25) is 4.57 Å². The van der Waals surface area contributed by atoms with Crippen LogP contribution in [0.3, 0.4) is 0 Å². The van der Waals surface area contributed by atoms with Gasteiger partial charge in [0.2, 0.25) is 0 Å². The summed E-state index contributed by atoms with van der Waals surface area (Å²) < 4.78 is 17.7. The molecule has 0 aromatic heterocycles. The zero-order valence-corrected chi connectivity index (χ0v) is 20.7. The highest BCUT2D eigenvalue weighted by Gasteiger charge is 2.62. The van der Waals surface area contributed by atoms with Crippen molar-refractivity contribution in [1.29, 1.82) is 0 Å². The normalized spacial score (nSPS) is 50.6. The Morgan fingerprint density at radius 2 is 1.79 bits per heavy atom. The van der Waals surface area contributed by atoms with Crippen LogP contribution in [0.5, 0.6) is 0 Å². The van der Waals surface area contributed by atoms with Crippen LogP contribution in [0.2, 0.25) is 0 Å². The summed E-state index contributed by atoms with van der Waals surface area (Å²) in [4.78, 5) is 0. The van der Waals surface area contributed by atoms with Crippen LogP contribution in [0, 0.1) is 46.3 Å². The van der Waals surface area contributed by atoms with E-state index in [-0.39, 0.29) is 0 Å². The van der Waals surface area contributed by atoms with E-state index in [1.54, 1.807) is 0 Å². The Kier molecular flexibility index (Phi) is 6.84. The Morgan fingerprint density at radius 1 is 1.07 bits per heavy atom. The highest BCUT2D eigenvalue weighted by molar-refractivity contribution is 7.24. The minimum absolute atomic E-state index is 0.309. The number of fused-ring (bicyclic) bond motifs is 5. The van der Waals surface area contributed by atoms with Gasteiger partial charge in [0, 0.05) is 21.7 Å². The second-order valence-corrected chi connectivity index (χ2v) is 12.7. The summed E-state index contributed by atoms with van der Waals surface area (Å²) >= 11 is 0. The molecule has 0 spiro atoms. The summed E-state index contributed by atoms with van der Waals surface area (Å²) in [6, 6.07) is 0. The quantitative estimate of drug-likeness (QED) is 0.480. The summed E-state index contributed by atoms with van der Waals surface area (Å²) in [7, 11) is 2.92. The first-order valence-corrected chi connectivity index (χ1v) is 13.5. The van der Waals surface area contributed by atoms with Crippen molar-refractivity contribution in [3.05, 3.63) is 0 Å². The molecule has 166 valence electrons. The van der Waals surface area contributed by atoms with Gasteiger partial charge >= 0.3 is 0 Å². The smallest absolute Gasteiger partial charge is 0.158 e. The van der Waals surface area contributed by atoms with Crippen LogP contribution in [0.25, 0.3) is 0 Å². The summed E-state index contributed by atoms with van der Waals surface area (Å²) in [5, 5.41) is 9.30. The average molecular weight is 441 g/mol. The van der Waals surface area contributed by atoms with Crippen molar-refractivity contribution in [2.45, 2.75) is 96.7 Å². The number of hydrogen-bond donors (Lipinski definition) is 1. The SMILES string of the molecule is CC(CCCO)C1CCC2C3C[C@H](OP)[C@@H]4C[C@H](P=O)CC[C@]4(C)C3CC[C@]12C. The molecule has 0 aromatic rings. The average Bonchev–Trinajstić information content (AvgIpc) is 3.08. The highest BCUT2D eigenvalue weighted by atomic mass is 31.1. The number of hydrogen-bond acceptors (Lipinski definition) is 3. The molecule has 0 bridgehead atoms. The fourth-order valence-corrected chi connectivity index (χ4v) is 9.93. The van der Waals surface area contributed by atoms with Crippen LogP contribution < -0.4 is 0 Å². The Hall–Kier alpha value is 0.450. The highest BCUT2D eigenvalue weighted by Crippen LogP contribution is 2.69. The van der Waals surface area contributed by atoms with Gasteiger partial charge in [-0.15, -0.1) is 0 Å². The van der Waals surface area contributed by atoms with Crippen molar-refractivity contribution >= 4 is 17.9 Å². The van der Waals surface area contributed by atoms with E-state index in [0.29, 0.717) is 43.6 Å². The lowest BCUT2D eigenvalue weighted by atomic mass is 9.44. The Labute approximate surface area is 182 Å². The van der Waals surface area contributed by atoms with E-state index in [9.17, 15) is 9.67 Å². The van der Waals surface area contributed by atoms with Gasteiger partial charge in [0.05, 0.1) is 6.10 Å². The van der Waals surface area contributed by atoms with Gasteiger partial charge in [-0.25, -0.2) is 0 Å². The predicted octanol–water partition coefficient (Wildman–Crippen LogP) is 6.50. The maximum atomic E-state index is 11.6. The molecule has 1 N–H and O–H groups in total. The molecule has 0 radical (unpaired) electrons. The van der Waals surface area contributed by atoms with E-state index in [2.05, 4.69) is 30.2 Å². The van der Waals surface area contributed by atoms with Crippen molar-refractivity contribution in [2.75, 3.05) is 6.61 Å². The Morgan fingerprint density at radius 3 is 2.48 bits per heavy atom. The lowest BCUT2D eigenvalue weighted by Gasteiger charge is -2.62. The molecular weight excluding hydrogens is 398 g/mol. The van der Waals surface area contributed by atoms with Crippen LogP contribution in [-0.4, -0.2) is 23.5 Å². The predicted molar refractivity (Wildman–Crippen MR) is 122 cm³/mol. The molecule has 4 aliphatic rings. The molecular formula is C24H42O3P2. The molecule has 0 aromatic carbocycles. The minimum Gasteiger partial charge on any atom is -0.396 e. The van der Waals surface area contributed by atoms with Crippen LogP contribution in [0.1, 0.15) is 85.0 Å². The maximum absolute atomic E-state index is 11.6. The third-order valence-corrected chi connectivity index (χ3v) is 11.6. The topological polar surface area (TPSA) is 46.5 Å². The van der Waals surface area contributed by atoms with Gasteiger partial charge < -0.3 is 9.63 Å². The lowest BCUT2D eigenvalue weighted by molar-refractivity contribution is -0.149. The molecule has 4 fully saturated rings. The molecule has 0 amide bonds. The molecule has 4 aliphatic carbocycles. The molecule has 11 atom stereocenters. The van der Waals surface area contributed by atoms with E-state index < -0.39 is 0 Å². The van der Waals surface area contributed by atoms with Crippen LogP contribution in [0.15, 0.2) is 0 Å². The standard InChI is InChI=1S/C24H42O3P2/c1-15(5-4-12-25)18-6-7-19-17-14-22(27-28)21-13-16(29-26)8-10-24(21,3)20(17)9-11-23(18,19)2/h15-22,25H,4-14,28H2,1-3H3/t15?,16-,17?,18?,19?,20?,21+,22+,23-,24-/m1/s1. The molecule has 4 saturated carbocycles. The monoisotopic (exact) mass is 440 g/mol. The molecule has 29 heavy (non-hydrogen) atoms. The first-order valence-electron chi connectivity index (χ1n) is 12.2.